The monoisotopic (exact) mass is 385 g/mol. The molecule has 0 radical (unpaired) electrons. The molecule has 0 aliphatic carbocycles. The van der Waals surface area contributed by atoms with Gasteiger partial charge in [0, 0.05) is 6.42 Å². The molecule has 0 aromatic heterocycles. The molecule has 1 aromatic carbocycles. The maximum absolute atomic E-state index is 12.5. The maximum Gasteiger partial charge on any atom is 0.471 e. The zero-order valence-electron chi connectivity index (χ0n) is 14.1. The third-order valence-corrected chi connectivity index (χ3v) is 2.98. The minimum atomic E-state index is -5.22. The summed E-state index contributed by atoms with van der Waals surface area (Å²) in [4.78, 5) is 23.2. The normalized spacial score (nSPS) is 13.9. The van der Waals surface area contributed by atoms with E-state index in [0.29, 0.717) is 0 Å². The van der Waals surface area contributed by atoms with Crippen LogP contribution in [0.15, 0.2) is 24.3 Å². The van der Waals surface area contributed by atoms with Gasteiger partial charge in [-0.1, -0.05) is 12.1 Å². The van der Waals surface area contributed by atoms with E-state index < -0.39 is 47.9 Å². The van der Waals surface area contributed by atoms with Gasteiger partial charge >= 0.3 is 24.2 Å². The Kier molecular flexibility index (Phi) is 6.32. The van der Waals surface area contributed by atoms with E-state index in [0.717, 1.165) is 24.3 Å². The van der Waals surface area contributed by atoms with E-state index in [4.69, 9.17) is 4.74 Å². The number of rotatable bonds is 4. The molecule has 1 rings (SSSR count). The molecule has 1 aromatic rings. The largest absolute Gasteiger partial charge is 0.471 e. The van der Waals surface area contributed by atoms with Gasteiger partial charge in [0.1, 0.15) is 11.6 Å². The standard InChI is InChI=1S/C16H17F6NO3/c1-14(2,3)26-12(24)11(23-13(25)16(20,21)22)8-9-4-6-10(7-5-9)15(17,18)19/h4-7,11H,8H2,1-3H3,(H,23,25)/t11-/m1/s1. The minimum Gasteiger partial charge on any atom is -0.458 e. The van der Waals surface area contributed by atoms with Crippen LogP contribution in [0.4, 0.5) is 26.3 Å². The van der Waals surface area contributed by atoms with Crippen LogP contribution >= 0.6 is 0 Å². The number of hydrogen-bond acceptors (Lipinski definition) is 3. The van der Waals surface area contributed by atoms with Crippen molar-refractivity contribution in [2.75, 3.05) is 0 Å². The molecule has 0 spiro atoms. The van der Waals surface area contributed by atoms with E-state index in [-0.39, 0.29) is 5.56 Å². The van der Waals surface area contributed by atoms with Gasteiger partial charge < -0.3 is 10.1 Å². The van der Waals surface area contributed by atoms with Crippen LogP contribution in [0.2, 0.25) is 0 Å². The molecule has 0 aliphatic heterocycles. The van der Waals surface area contributed by atoms with Crippen LogP contribution in [0.5, 0.6) is 0 Å². The fraction of sp³-hybridized carbons (Fsp3) is 0.500. The van der Waals surface area contributed by atoms with Crippen LogP contribution in [0.3, 0.4) is 0 Å². The summed E-state index contributed by atoms with van der Waals surface area (Å²) in [6, 6.07) is 1.78. The van der Waals surface area contributed by atoms with Gasteiger partial charge in [0.05, 0.1) is 5.56 Å². The smallest absolute Gasteiger partial charge is 0.458 e. The van der Waals surface area contributed by atoms with E-state index in [1.54, 1.807) is 0 Å². The predicted octanol–water partition coefficient (Wildman–Crippen LogP) is 3.64. The van der Waals surface area contributed by atoms with Crippen LogP contribution in [-0.4, -0.2) is 29.7 Å². The average Bonchev–Trinajstić information content (AvgIpc) is 2.43. The molecular weight excluding hydrogens is 368 g/mol. The summed E-state index contributed by atoms with van der Waals surface area (Å²) in [6.45, 7) is 4.43. The summed E-state index contributed by atoms with van der Waals surface area (Å²) >= 11 is 0. The van der Waals surface area contributed by atoms with Gasteiger partial charge in [-0.25, -0.2) is 4.79 Å². The lowest BCUT2D eigenvalue weighted by molar-refractivity contribution is -0.177. The Balaban J connectivity index is 3.01. The quantitative estimate of drug-likeness (QED) is 0.636. The van der Waals surface area contributed by atoms with Crippen LogP contribution in [0.1, 0.15) is 31.9 Å². The molecule has 146 valence electrons. The van der Waals surface area contributed by atoms with Crippen molar-refractivity contribution in [1.29, 1.82) is 0 Å². The summed E-state index contributed by atoms with van der Waals surface area (Å²) < 4.78 is 79.9. The molecule has 10 heteroatoms. The van der Waals surface area contributed by atoms with Crippen molar-refractivity contribution >= 4 is 11.9 Å². The molecule has 0 saturated heterocycles. The van der Waals surface area contributed by atoms with Crippen LogP contribution in [0, 0.1) is 0 Å². The van der Waals surface area contributed by atoms with E-state index in [2.05, 4.69) is 0 Å². The van der Waals surface area contributed by atoms with E-state index >= 15 is 0 Å². The number of nitrogens with one attached hydrogen (secondary N) is 1. The lowest BCUT2D eigenvalue weighted by atomic mass is 10.0. The van der Waals surface area contributed by atoms with Crippen LogP contribution in [0.25, 0.3) is 0 Å². The molecule has 0 bridgehead atoms. The maximum atomic E-state index is 12.5. The number of carbonyl (C=O) groups excluding carboxylic acids is 2. The number of amides is 1. The second-order valence-electron chi connectivity index (χ2n) is 6.46. The fourth-order valence-electron chi connectivity index (χ4n) is 1.87. The van der Waals surface area contributed by atoms with Crippen molar-refractivity contribution in [3.63, 3.8) is 0 Å². The summed E-state index contributed by atoms with van der Waals surface area (Å²) in [5, 5.41) is 1.51. The molecule has 26 heavy (non-hydrogen) atoms. The summed E-state index contributed by atoms with van der Waals surface area (Å²) in [5.41, 5.74) is -1.86. The van der Waals surface area contributed by atoms with Crippen molar-refractivity contribution in [1.82, 2.24) is 5.32 Å². The number of halogens is 6. The molecule has 0 unspecified atom stereocenters. The van der Waals surface area contributed by atoms with Gasteiger partial charge in [0.2, 0.25) is 0 Å². The molecular formula is C16H17F6NO3. The van der Waals surface area contributed by atoms with Crippen molar-refractivity contribution in [2.45, 2.75) is 51.2 Å². The Morgan fingerprint density at radius 2 is 1.50 bits per heavy atom. The fourth-order valence-corrected chi connectivity index (χ4v) is 1.87. The number of ether oxygens (including phenoxy) is 1. The van der Waals surface area contributed by atoms with Gasteiger partial charge in [-0.05, 0) is 38.5 Å². The molecule has 1 atom stereocenters. The first-order valence-corrected chi connectivity index (χ1v) is 7.36. The van der Waals surface area contributed by atoms with E-state index in [1.807, 2.05) is 0 Å². The Morgan fingerprint density at radius 1 is 1.00 bits per heavy atom. The van der Waals surface area contributed by atoms with Gasteiger partial charge in [-0.15, -0.1) is 0 Å². The highest BCUT2D eigenvalue weighted by Gasteiger charge is 2.41. The molecule has 4 nitrogen and oxygen atoms in total. The highest BCUT2D eigenvalue weighted by molar-refractivity contribution is 5.87. The predicted molar refractivity (Wildman–Crippen MR) is 79.0 cm³/mol. The summed E-state index contributed by atoms with van der Waals surface area (Å²) in [7, 11) is 0. The highest BCUT2D eigenvalue weighted by Crippen LogP contribution is 2.29. The van der Waals surface area contributed by atoms with E-state index in [9.17, 15) is 35.9 Å². The van der Waals surface area contributed by atoms with Crippen molar-refractivity contribution < 1.29 is 40.7 Å². The Labute approximate surface area is 145 Å². The zero-order valence-corrected chi connectivity index (χ0v) is 14.1. The first-order chi connectivity index (χ1) is 11.6. The third-order valence-electron chi connectivity index (χ3n) is 2.98. The van der Waals surface area contributed by atoms with Crippen molar-refractivity contribution in [3.05, 3.63) is 35.4 Å². The van der Waals surface area contributed by atoms with Crippen molar-refractivity contribution in [2.24, 2.45) is 0 Å². The molecule has 0 heterocycles. The second-order valence-corrected chi connectivity index (χ2v) is 6.46. The second kappa shape index (κ2) is 7.55. The van der Waals surface area contributed by atoms with Gasteiger partial charge in [0.25, 0.3) is 0 Å². The number of benzene rings is 1. The first kappa shape index (κ1) is 21.8. The third kappa shape index (κ3) is 6.93. The lowest BCUT2D eigenvalue weighted by Gasteiger charge is -2.25. The summed E-state index contributed by atoms with van der Waals surface area (Å²) in [6.07, 6.45) is -10.3. The van der Waals surface area contributed by atoms with Crippen molar-refractivity contribution in [3.8, 4) is 0 Å². The van der Waals surface area contributed by atoms with Gasteiger partial charge in [0.15, 0.2) is 0 Å². The van der Waals surface area contributed by atoms with Crippen LogP contribution < -0.4 is 5.32 Å². The highest BCUT2D eigenvalue weighted by atomic mass is 19.4. The molecule has 1 amide bonds. The minimum absolute atomic E-state index is 0.122. The molecule has 0 saturated carbocycles. The topological polar surface area (TPSA) is 55.4 Å². The van der Waals surface area contributed by atoms with Crippen LogP contribution in [-0.2, 0) is 26.9 Å². The molecule has 0 fully saturated rings. The first-order valence-electron chi connectivity index (χ1n) is 7.36. The lowest BCUT2D eigenvalue weighted by Crippen LogP contribution is -2.49. The zero-order chi connectivity index (χ0) is 20.3. The number of hydrogen-bond donors (Lipinski definition) is 1. The molecule has 1 N–H and O–H groups in total. The Bertz CT molecular complexity index is 644. The van der Waals surface area contributed by atoms with Gasteiger partial charge in [-0.3, -0.25) is 4.79 Å². The Morgan fingerprint density at radius 3 is 1.88 bits per heavy atom. The van der Waals surface area contributed by atoms with Gasteiger partial charge in [-0.2, -0.15) is 26.3 Å². The number of carbonyl (C=O) groups is 2. The average molecular weight is 385 g/mol. The molecule has 0 aliphatic rings. The number of alkyl halides is 6. The SMILES string of the molecule is CC(C)(C)OC(=O)[C@@H](Cc1ccc(C(F)(F)F)cc1)NC(=O)C(F)(F)F. The number of esters is 1. The Hall–Kier alpha value is -2.26. The summed E-state index contributed by atoms with van der Waals surface area (Å²) in [5.74, 6) is -3.48. The van der Waals surface area contributed by atoms with E-state index in [1.165, 1.54) is 26.1 Å².